The molecular weight excluding hydrogens is 366 g/mol. The van der Waals surface area contributed by atoms with Crippen molar-refractivity contribution in [1.82, 2.24) is 30.0 Å². The first-order valence-corrected chi connectivity index (χ1v) is 10.1. The summed E-state index contributed by atoms with van der Waals surface area (Å²) in [7, 11) is 0. The zero-order chi connectivity index (χ0) is 19.6. The van der Waals surface area contributed by atoms with Crippen LogP contribution in [-0.2, 0) is 0 Å². The summed E-state index contributed by atoms with van der Waals surface area (Å²) in [5, 5.41) is 10.7. The maximum absolute atomic E-state index is 13.1. The molecule has 1 aliphatic heterocycles. The van der Waals surface area contributed by atoms with Gasteiger partial charge in [-0.3, -0.25) is 14.9 Å². The Labute approximate surface area is 168 Å². The molecule has 1 aromatic carbocycles. The Morgan fingerprint density at radius 1 is 1.17 bits per heavy atom. The molecule has 1 amide bonds. The van der Waals surface area contributed by atoms with Gasteiger partial charge in [0.25, 0.3) is 5.91 Å². The minimum Gasteiger partial charge on any atom is -0.339 e. The summed E-state index contributed by atoms with van der Waals surface area (Å²) in [5.74, 6) is 3.29. The predicted molar refractivity (Wildman–Crippen MR) is 108 cm³/mol. The van der Waals surface area contributed by atoms with Crippen LogP contribution in [0.1, 0.15) is 59.5 Å². The average molecular weight is 389 g/mol. The zero-order valence-corrected chi connectivity index (χ0v) is 16.1. The van der Waals surface area contributed by atoms with E-state index in [9.17, 15) is 4.79 Å². The highest BCUT2D eigenvalue weighted by molar-refractivity contribution is 5.95. The maximum atomic E-state index is 13.1. The van der Waals surface area contributed by atoms with Crippen LogP contribution in [0.3, 0.4) is 0 Å². The average Bonchev–Trinajstić information content (AvgIpc) is 3.51. The number of rotatable bonds is 5. The minimum atomic E-state index is 0.0375. The molecule has 2 aliphatic rings. The highest BCUT2D eigenvalue weighted by Gasteiger charge is 2.31. The summed E-state index contributed by atoms with van der Waals surface area (Å²) in [5.41, 5.74) is 1.47. The van der Waals surface area contributed by atoms with E-state index in [-0.39, 0.29) is 11.8 Å². The van der Waals surface area contributed by atoms with E-state index >= 15 is 0 Å². The van der Waals surface area contributed by atoms with E-state index in [1.807, 2.05) is 29.2 Å². The molecule has 0 radical (unpaired) electrons. The lowest BCUT2D eigenvalue weighted by molar-refractivity contribution is 0.0704. The highest BCUT2D eigenvalue weighted by atomic mass is 16.2. The number of nitrogens with one attached hydrogen (secondary N) is 2. The normalized spacial score (nSPS) is 19.2. The smallest absolute Gasteiger partial charge is 0.253 e. The Morgan fingerprint density at radius 3 is 2.93 bits per heavy atom. The van der Waals surface area contributed by atoms with Crippen molar-refractivity contribution in [3.05, 3.63) is 60.1 Å². The number of likely N-dealkylation sites (tertiary alicyclic amines) is 1. The van der Waals surface area contributed by atoms with Gasteiger partial charge in [-0.15, -0.1) is 0 Å². The number of carbonyl (C=O) groups excluding carboxylic acids is 1. The fraction of sp³-hybridized carbons (Fsp3) is 0.381. The number of hydrogen-bond donors (Lipinski definition) is 2. The third-order valence-electron chi connectivity index (χ3n) is 5.50. The summed E-state index contributed by atoms with van der Waals surface area (Å²) in [4.78, 5) is 28.0. The molecule has 5 rings (SSSR count). The van der Waals surface area contributed by atoms with Gasteiger partial charge in [0.05, 0.1) is 6.20 Å². The van der Waals surface area contributed by atoms with E-state index in [1.54, 1.807) is 18.6 Å². The lowest BCUT2D eigenvalue weighted by atomic mass is 9.96. The second kappa shape index (κ2) is 7.62. The van der Waals surface area contributed by atoms with E-state index in [2.05, 4.69) is 25.5 Å². The van der Waals surface area contributed by atoms with Crippen LogP contribution in [0.15, 0.2) is 42.9 Å². The van der Waals surface area contributed by atoms with Crippen molar-refractivity contribution in [2.45, 2.75) is 37.5 Å². The van der Waals surface area contributed by atoms with Gasteiger partial charge in [0.2, 0.25) is 0 Å². The summed E-state index contributed by atoms with van der Waals surface area (Å²) in [6, 6.07) is 7.51. The molecule has 2 fully saturated rings. The van der Waals surface area contributed by atoms with Crippen molar-refractivity contribution in [3.8, 4) is 0 Å². The van der Waals surface area contributed by atoms with Gasteiger partial charge in [-0.25, -0.2) is 9.97 Å². The van der Waals surface area contributed by atoms with Crippen LogP contribution >= 0.6 is 0 Å². The van der Waals surface area contributed by atoms with Gasteiger partial charge in [-0.2, -0.15) is 5.10 Å². The Kier molecular flexibility index (Phi) is 4.67. The van der Waals surface area contributed by atoms with Gasteiger partial charge < -0.3 is 10.2 Å². The number of aromatic amines is 1. The monoisotopic (exact) mass is 389 g/mol. The van der Waals surface area contributed by atoms with Crippen LogP contribution in [0.25, 0.3) is 0 Å². The van der Waals surface area contributed by atoms with E-state index < -0.39 is 0 Å². The fourth-order valence-electron chi connectivity index (χ4n) is 3.81. The minimum absolute atomic E-state index is 0.0375. The molecule has 3 aromatic rings. The molecule has 0 unspecified atom stereocenters. The lowest BCUT2D eigenvalue weighted by Gasteiger charge is -2.31. The number of amides is 1. The molecule has 2 N–H and O–H groups in total. The van der Waals surface area contributed by atoms with E-state index in [1.165, 1.54) is 12.8 Å². The number of carbonyl (C=O) groups is 1. The molecule has 2 aromatic heterocycles. The van der Waals surface area contributed by atoms with Gasteiger partial charge in [0, 0.05) is 48.6 Å². The first kappa shape index (κ1) is 17.8. The standard InChI is InChI=1S/C21H23N7O/c29-21(15-3-1-5-17(11-15)24-18-12-22-8-9-23-18)28-10-2-4-16(13-28)20-25-19(26-27-20)14-6-7-14/h1,3,5,8-9,11-12,14,16H,2,4,6-7,10,13H2,(H,23,24)(H,25,26,27)/t16-/m0/s1. The van der Waals surface area contributed by atoms with Gasteiger partial charge in [-0.05, 0) is 43.9 Å². The van der Waals surface area contributed by atoms with E-state index in [0.29, 0.717) is 23.8 Å². The SMILES string of the molecule is O=C(c1cccc(Nc2cnccn2)c1)N1CCC[C@H](c2n[nH]c(C3CC3)n2)C1. The predicted octanol–water partition coefficient (Wildman–Crippen LogP) is 3.24. The molecule has 8 heteroatoms. The van der Waals surface area contributed by atoms with Crippen molar-refractivity contribution in [1.29, 1.82) is 0 Å². The maximum Gasteiger partial charge on any atom is 0.253 e. The Balaban J connectivity index is 1.28. The van der Waals surface area contributed by atoms with Crippen LogP contribution in [0.4, 0.5) is 11.5 Å². The third kappa shape index (κ3) is 3.96. The van der Waals surface area contributed by atoms with Gasteiger partial charge >= 0.3 is 0 Å². The topological polar surface area (TPSA) is 99.7 Å². The zero-order valence-electron chi connectivity index (χ0n) is 16.1. The molecule has 1 aliphatic carbocycles. The van der Waals surface area contributed by atoms with Crippen molar-refractivity contribution in [2.24, 2.45) is 0 Å². The number of nitrogens with zero attached hydrogens (tertiary/aromatic N) is 5. The van der Waals surface area contributed by atoms with Crippen LogP contribution in [0, 0.1) is 0 Å². The van der Waals surface area contributed by atoms with Crippen molar-refractivity contribution < 1.29 is 4.79 Å². The van der Waals surface area contributed by atoms with Crippen LogP contribution in [0.2, 0.25) is 0 Å². The molecule has 0 bridgehead atoms. The van der Waals surface area contributed by atoms with Crippen molar-refractivity contribution in [3.63, 3.8) is 0 Å². The van der Waals surface area contributed by atoms with E-state index in [0.717, 1.165) is 36.7 Å². The number of benzene rings is 1. The fourth-order valence-corrected chi connectivity index (χ4v) is 3.81. The summed E-state index contributed by atoms with van der Waals surface area (Å²) in [6.07, 6.45) is 9.27. The summed E-state index contributed by atoms with van der Waals surface area (Å²) >= 11 is 0. The van der Waals surface area contributed by atoms with Crippen molar-refractivity contribution >= 4 is 17.4 Å². The van der Waals surface area contributed by atoms with Crippen LogP contribution in [0.5, 0.6) is 0 Å². The lowest BCUT2D eigenvalue weighted by Crippen LogP contribution is -2.39. The largest absolute Gasteiger partial charge is 0.339 e. The molecule has 3 heterocycles. The summed E-state index contributed by atoms with van der Waals surface area (Å²) in [6.45, 7) is 1.42. The first-order chi connectivity index (χ1) is 14.3. The molecule has 0 spiro atoms. The Bertz CT molecular complexity index is 999. The second-order valence-electron chi connectivity index (χ2n) is 7.74. The second-order valence-corrected chi connectivity index (χ2v) is 7.74. The number of hydrogen-bond acceptors (Lipinski definition) is 6. The van der Waals surface area contributed by atoms with Gasteiger partial charge in [-0.1, -0.05) is 6.07 Å². The molecule has 8 nitrogen and oxygen atoms in total. The van der Waals surface area contributed by atoms with Gasteiger partial charge in [0.15, 0.2) is 5.82 Å². The van der Waals surface area contributed by atoms with Crippen LogP contribution < -0.4 is 5.32 Å². The van der Waals surface area contributed by atoms with Crippen LogP contribution in [-0.4, -0.2) is 49.0 Å². The Hall–Kier alpha value is -3.29. The number of anilines is 2. The molecule has 29 heavy (non-hydrogen) atoms. The highest BCUT2D eigenvalue weighted by Crippen LogP contribution is 2.38. The number of aromatic nitrogens is 5. The molecule has 1 saturated heterocycles. The number of piperidine rings is 1. The molecule has 148 valence electrons. The molecule has 1 atom stereocenters. The first-order valence-electron chi connectivity index (χ1n) is 10.1. The van der Waals surface area contributed by atoms with Crippen molar-refractivity contribution in [2.75, 3.05) is 18.4 Å². The van der Waals surface area contributed by atoms with Gasteiger partial charge in [0.1, 0.15) is 11.6 Å². The molecule has 1 saturated carbocycles. The summed E-state index contributed by atoms with van der Waals surface area (Å²) < 4.78 is 0. The number of H-pyrrole nitrogens is 1. The third-order valence-corrected chi connectivity index (χ3v) is 5.50. The quantitative estimate of drug-likeness (QED) is 0.695. The molecular formula is C21H23N7O. The van der Waals surface area contributed by atoms with E-state index in [4.69, 9.17) is 4.98 Å². The Morgan fingerprint density at radius 2 is 2.10 bits per heavy atom.